The van der Waals surface area contributed by atoms with E-state index < -0.39 is 47.9 Å². The fourth-order valence-corrected chi connectivity index (χ4v) is 3.59. The zero-order chi connectivity index (χ0) is 24.7. The van der Waals surface area contributed by atoms with Gasteiger partial charge in [0, 0.05) is 23.8 Å². The van der Waals surface area contributed by atoms with Crippen LogP contribution in [0.5, 0.6) is 23.0 Å². The average molecular weight is 476 g/mol. The van der Waals surface area contributed by atoms with E-state index in [1.54, 1.807) is 0 Å². The second kappa shape index (κ2) is 8.83. The van der Waals surface area contributed by atoms with Crippen LogP contribution >= 0.6 is 0 Å². The Kier molecular flexibility index (Phi) is 6.06. The van der Waals surface area contributed by atoms with Crippen LogP contribution in [0.25, 0.3) is 22.3 Å². The number of carboxylic acid groups (broad SMARTS) is 1. The Hall–Kier alpha value is -3.84. The van der Waals surface area contributed by atoms with Crippen LogP contribution in [0.15, 0.2) is 45.6 Å². The molecule has 12 nitrogen and oxygen atoms in total. The van der Waals surface area contributed by atoms with E-state index in [0.717, 1.165) is 18.2 Å². The number of rotatable bonds is 5. The molecular weight excluding hydrogens is 456 g/mol. The Morgan fingerprint density at radius 2 is 1.71 bits per heavy atom. The van der Waals surface area contributed by atoms with Crippen molar-refractivity contribution in [2.45, 2.75) is 30.7 Å². The molecular formula is C22H20O12. The van der Waals surface area contributed by atoms with E-state index in [0.29, 0.717) is 0 Å². The number of aromatic hydroxyl groups is 2. The molecule has 4 rings (SSSR count). The van der Waals surface area contributed by atoms with Gasteiger partial charge in [0.15, 0.2) is 23.0 Å². The van der Waals surface area contributed by atoms with E-state index in [9.17, 15) is 40.2 Å². The highest BCUT2D eigenvalue weighted by Crippen LogP contribution is 2.36. The first-order chi connectivity index (χ1) is 16.1. The summed E-state index contributed by atoms with van der Waals surface area (Å²) >= 11 is 0. The standard InChI is InChI=1S/C22H20O12/c1-31-12-3-2-8(13-7-11(25)16-10(24)5-9(23)6-15(16)32-13)4-14(12)33-22-19(28)17(26)18(27)20(34-22)21(29)30/h2-7,17-20,22-24,26-28H,1H3,(H,29,30)/t17-,18-,19+,20-,22+/m0/s1. The van der Waals surface area contributed by atoms with Crippen LogP contribution in [0.4, 0.5) is 0 Å². The third-order valence-electron chi connectivity index (χ3n) is 5.30. The largest absolute Gasteiger partial charge is 0.508 e. The van der Waals surface area contributed by atoms with E-state index in [1.165, 1.54) is 25.3 Å². The maximum atomic E-state index is 12.5. The molecule has 6 N–H and O–H groups in total. The van der Waals surface area contributed by atoms with Crippen molar-refractivity contribution < 1.29 is 54.1 Å². The van der Waals surface area contributed by atoms with Crippen LogP contribution in [-0.4, -0.2) is 74.4 Å². The van der Waals surface area contributed by atoms with Gasteiger partial charge in [0.1, 0.15) is 46.5 Å². The number of carbonyl (C=O) groups is 1. The number of carboxylic acids is 1. The third kappa shape index (κ3) is 4.10. The minimum Gasteiger partial charge on any atom is -0.508 e. The minimum atomic E-state index is -1.89. The smallest absolute Gasteiger partial charge is 0.335 e. The molecule has 1 aromatic heterocycles. The third-order valence-corrected chi connectivity index (χ3v) is 5.30. The zero-order valence-electron chi connectivity index (χ0n) is 17.5. The van der Waals surface area contributed by atoms with Crippen molar-refractivity contribution in [3.63, 3.8) is 0 Å². The van der Waals surface area contributed by atoms with Gasteiger partial charge in [0.2, 0.25) is 6.29 Å². The Labute approximate surface area is 190 Å². The summed E-state index contributed by atoms with van der Waals surface area (Å²) in [5, 5.41) is 58.8. The number of fused-ring (bicyclic) bond motifs is 1. The first-order valence-corrected chi connectivity index (χ1v) is 9.88. The summed E-state index contributed by atoms with van der Waals surface area (Å²) in [6, 6.07) is 7.56. The normalized spacial score (nSPS) is 24.6. The molecule has 0 bridgehead atoms. The molecule has 0 saturated carbocycles. The average Bonchev–Trinajstić information content (AvgIpc) is 2.78. The number of aliphatic carboxylic acids is 1. The molecule has 0 radical (unpaired) electrons. The van der Waals surface area contributed by atoms with Crippen LogP contribution < -0.4 is 14.9 Å². The van der Waals surface area contributed by atoms with Crippen molar-refractivity contribution in [3.05, 3.63) is 46.6 Å². The number of methoxy groups -OCH3 is 1. The van der Waals surface area contributed by atoms with Gasteiger partial charge >= 0.3 is 5.97 Å². The van der Waals surface area contributed by atoms with E-state index in [4.69, 9.17) is 18.6 Å². The van der Waals surface area contributed by atoms with Crippen molar-refractivity contribution in [2.24, 2.45) is 0 Å². The molecule has 1 fully saturated rings. The number of aliphatic hydroxyl groups excluding tert-OH is 3. The van der Waals surface area contributed by atoms with Gasteiger partial charge in [0.25, 0.3) is 0 Å². The Balaban J connectivity index is 1.73. The lowest BCUT2D eigenvalue weighted by molar-refractivity contribution is -0.271. The van der Waals surface area contributed by atoms with Crippen LogP contribution in [0, 0.1) is 0 Å². The minimum absolute atomic E-state index is 0.0268. The quantitative estimate of drug-likeness (QED) is 0.292. The van der Waals surface area contributed by atoms with Gasteiger partial charge in [-0.1, -0.05) is 0 Å². The molecule has 1 saturated heterocycles. The second-order valence-electron chi connectivity index (χ2n) is 7.53. The molecule has 12 heteroatoms. The Morgan fingerprint density at radius 1 is 0.971 bits per heavy atom. The highest BCUT2D eigenvalue weighted by Gasteiger charge is 2.48. The van der Waals surface area contributed by atoms with Gasteiger partial charge in [-0.05, 0) is 18.2 Å². The summed E-state index contributed by atoms with van der Waals surface area (Å²) in [4.78, 5) is 23.9. The van der Waals surface area contributed by atoms with Gasteiger partial charge in [-0.3, -0.25) is 4.79 Å². The molecule has 2 aromatic carbocycles. The van der Waals surface area contributed by atoms with Crippen molar-refractivity contribution in [1.29, 1.82) is 0 Å². The van der Waals surface area contributed by atoms with Gasteiger partial charge in [-0.25, -0.2) is 4.79 Å². The van der Waals surface area contributed by atoms with Crippen LogP contribution in [-0.2, 0) is 9.53 Å². The first-order valence-electron chi connectivity index (χ1n) is 9.88. The van der Waals surface area contributed by atoms with Crippen molar-refractivity contribution >= 4 is 16.9 Å². The fourth-order valence-electron chi connectivity index (χ4n) is 3.59. The van der Waals surface area contributed by atoms with E-state index in [1.807, 2.05) is 0 Å². The first kappa shape index (κ1) is 23.3. The van der Waals surface area contributed by atoms with E-state index in [-0.39, 0.29) is 39.5 Å². The molecule has 180 valence electrons. The van der Waals surface area contributed by atoms with Gasteiger partial charge in [0.05, 0.1) is 7.11 Å². The van der Waals surface area contributed by atoms with Gasteiger partial charge in [-0.15, -0.1) is 0 Å². The predicted molar refractivity (Wildman–Crippen MR) is 113 cm³/mol. The SMILES string of the molecule is COc1ccc(-c2cc(=O)c3c(O)cc(O)cc3o2)cc1O[C@@H]1O[C@H](C(=O)O)[C@@H](O)[C@H](O)[C@H]1O. The van der Waals surface area contributed by atoms with Crippen molar-refractivity contribution in [1.82, 2.24) is 0 Å². The summed E-state index contributed by atoms with van der Waals surface area (Å²) in [5.41, 5.74) is -0.386. The molecule has 5 atom stereocenters. The van der Waals surface area contributed by atoms with Crippen LogP contribution in [0.2, 0.25) is 0 Å². The molecule has 0 unspecified atom stereocenters. The summed E-state index contributed by atoms with van der Waals surface area (Å²) in [6.45, 7) is 0. The summed E-state index contributed by atoms with van der Waals surface area (Å²) in [6.07, 6.45) is -9.12. The fraction of sp³-hybridized carbons (Fsp3) is 0.273. The number of hydrogen-bond donors (Lipinski definition) is 6. The van der Waals surface area contributed by atoms with Gasteiger partial charge in [-0.2, -0.15) is 0 Å². The highest BCUT2D eigenvalue weighted by atomic mass is 16.7. The maximum absolute atomic E-state index is 12.5. The highest BCUT2D eigenvalue weighted by molar-refractivity contribution is 5.86. The lowest BCUT2D eigenvalue weighted by Crippen LogP contribution is -2.61. The van der Waals surface area contributed by atoms with Crippen molar-refractivity contribution in [2.75, 3.05) is 7.11 Å². The summed E-state index contributed by atoms with van der Waals surface area (Å²) in [7, 11) is 1.32. The van der Waals surface area contributed by atoms with Gasteiger partial charge < -0.3 is 49.3 Å². The Bertz CT molecular complexity index is 1300. The molecule has 34 heavy (non-hydrogen) atoms. The maximum Gasteiger partial charge on any atom is 0.335 e. The number of aliphatic hydroxyl groups is 3. The summed E-state index contributed by atoms with van der Waals surface area (Å²) < 4.78 is 21.6. The lowest BCUT2D eigenvalue weighted by Gasteiger charge is -2.38. The predicted octanol–water partition coefficient (Wildman–Crippen LogP) is 0.151. The molecule has 3 aromatic rings. The van der Waals surface area contributed by atoms with Crippen LogP contribution in [0.1, 0.15) is 0 Å². The number of phenols is 2. The lowest BCUT2D eigenvalue weighted by atomic mass is 9.99. The topological polar surface area (TPSA) is 196 Å². The molecule has 0 aliphatic carbocycles. The van der Waals surface area contributed by atoms with E-state index in [2.05, 4.69) is 0 Å². The molecule has 1 aliphatic rings. The number of ether oxygens (including phenoxy) is 3. The molecule has 2 heterocycles. The molecule has 0 amide bonds. The monoisotopic (exact) mass is 476 g/mol. The number of phenolic OH excluding ortho intramolecular Hbond substituents is 2. The molecule has 1 aliphatic heterocycles. The Morgan fingerprint density at radius 3 is 2.38 bits per heavy atom. The van der Waals surface area contributed by atoms with Crippen LogP contribution in [0.3, 0.4) is 0 Å². The number of benzene rings is 2. The number of hydrogen-bond acceptors (Lipinski definition) is 11. The second-order valence-corrected chi connectivity index (χ2v) is 7.53. The molecule has 0 spiro atoms. The zero-order valence-corrected chi connectivity index (χ0v) is 17.5. The van der Waals surface area contributed by atoms with Crippen molar-refractivity contribution in [3.8, 4) is 34.3 Å². The van der Waals surface area contributed by atoms with E-state index >= 15 is 0 Å². The summed E-state index contributed by atoms with van der Waals surface area (Å²) in [5.74, 6) is -2.26.